The van der Waals surface area contributed by atoms with Crippen LogP contribution in [0.4, 0.5) is 0 Å². The van der Waals surface area contributed by atoms with Gasteiger partial charge in [0.05, 0.1) is 12.7 Å². The Morgan fingerprint density at radius 2 is 1.43 bits per heavy atom. The van der Waals surface area contributed by atoms with E-state index in [1.54, 1.807) is 6.92 Å². The van der Waals surface area contributed by atoms with Crippen LogP contribution >= 0.6 is 0 Å². The van der Waals surface area contributed by atoms with E-state index < -0.39 is 5.97 Å². The molecule has 0 bridgehead atoms. The minimum atomic E-state index is -0.481. The molecule has 0 fully saturated rings. The summed E-state index contributed by atoms with van der Waals surface area (Å²) in [5.74, 6) is -0.771. The monoisotopic (exact) mass is 298 g/mol. The van der Waals surface area contributed by atoms with E-state index in [4.69, 9.17) is 4.74 Å². The van der Waals surface area contributed by atoms with Gasteiger partial charge < -0.3 is 9.47 Å². The maximum absolute atomic E-state index is 11.4. The molecule has 0 aliphatic rings. The zero-order chi connectivity index (χ0) is 15.9. The molecule has 0 aromatic carbocycles. The van der Waals surface area contributed by atoms with Crippen molar-refractivity contribution in [3.05, 3.63) is 11.8 Å². The smallest absolute Gasteiger partial charge is 0.336 e. The Labute approximate surface area is 128 Å². The van der Waals surface area contributed by atoms with Crippen LogP contribution in [-0.2, 0) is 19.1 Å². The van der Waals surface area contributed by atoms with Gasteiger partial charge >= 0.3 is 11.9 Å². The van der Waals surface area contributed by atoms with Crippen molar-refractivity contribution in [3.63, 3.8) is 0 Å². The Bertz CT molecular complexity index is 321. The van der Waals surface area contributed by atoms with Crippen LogP contribution in [0.1, 0.15) is 78.1 Å². The highest BCUT2D eigenvalue weighted by molar-refractivity contribution is 5.87. The van der Waals surface area contributed by atoms with Gasteiger partial charge in [-0.2, -0.15) is 0 Å². The number of ether oxygens (including phenoxy) is 2. The maximum atomic E-state index is 11.4. The first-order valence-electron chi connectivity index (χ1n) is 8.06. The lowest BCUT2D eigenvalue weighted by molar-refractivity contribution is -0.138. The maximum Gasteiger partial charge on any atom is 0.336 e. The van der Waals surface area contributed by atoms with Crippen LogP contribution in [-0.4, -0.2) is 19.0 Å². The van der Waals surface area contributed by atoms with Crippen molar-refractivity contribution >= 4 is 11.9 Å². The first-order chi connectivity index (χ1) is 10.1. The molecule has 0 radical (unpaired) electrons. The summed E-state index contributed by atoms with van der Waals surface area (Å²) >= 11 is 0. The summed E-state index contributed by atoms with van der Waals surface area (Å²) < 4.78 is 9.40. The zero-order valence-electron chi connectivity index (χ0n) is 13.8. The van der Waals surface area contributed by atoms with Gasteiger partial charge in [-0.15, -0.1) is 0 Å². The molecule has 4 heteroatoms. The highest BCUT2D eigenvalue weighted by Gasteiger charge is 2.06. The van der Waals surface area contributed by atoms with Crippen LogP contribution in [0.3, 0.4) is 0 Å². The second-order valence-corrected chi connectivity index (χ2v) is 5.36. The van der Waals surface area contributed by atoms with Crippen molar-refractivity contribution in [2.45, 2.75) is 78.1 Å². The molecule has 0 heterocycles. The van der Waals surface area contributed by atoms with Crippen molar-refractivity contribution < 1.29 is 19.1 Å². The lowest BCUT2D eigenvalue weighted by Crippen LogP contribution is -2.05. The van der Waals surface area contributed by atoms with Crippen LogP contribution in [0.15, 0.2) is 11.8 Å². The van der Waals surface area contributed by atoms with Gasteiger partial charge in [-0.3, -0.25) is 4.79 Å². The van der Waals surface area contributed by atoms with E-state index >= 15 is 0 Å². The minimum absolute atomic E-state index is 0.290. The number of hydrogen-bond acceptors (Lipinski definition) is 4. The average molecular weight is 298 g/mol. The van der Waals surface area contributed by atoms with Crippen molar-refractivity contribution in [1.82, 2.24) is 0 Å². The summed E-state index contributed by atoms with van der Waals surface area (Å²) in [6.45, 7) is 3.78. The Morgan fingerprint density at radius 3 is 1.95 bits per heavy atom. The van der Waals surface area contributed by atoms with Gasteiger partial charge in [-0.05, 0) is 13.3 Å². The van der Waals surface area contributed by atoms with E-state index in [0.717, 1.165) is 12.8 Å². The largest absolute Gasteiger partial charge is 0.466 e. The SMILES string of the molecule is CCCCCCCCCCCC(=O)OC=C(C)C(=O)OC. The molecular formula is C17H30O4. The second kappa shape index (κ2) is 13.7. The number of carbonyl (C=O) groups excluding carboxylic acids is 2. The van der Waals surface area contributed by atoms with Gasteiger partial charge in [0, 0.05) is 6.42 Å². The van der Waals surface area contributed by atoms with Gasteiger partial charge in [0.2, 0.25) is 0 Å². The van der Waals surface area contributed by atoms with Crippen molar-refractivity contribution in [2.75, 3.05) is 7.11 Å². The topological polar surface area (TPSA) is 52.6 Å². The molecule has 0 atom stereocenters. The predicted octanol–water partition coefficient (Wildman–Crippen LogP) is 4.53. The highest BCUT2D eigenvalue weighted by atomic mass is 16.5. The Kier molecular flexibility index (Phi) is 12.8. The summed E-state index contributed by atoms with van der Waals surface area (Å²) in [5.41, 5.74) is 0.290. The van der Waals surface area contributed by atoms with E-state index in [1.165, 1.54) is 58.3 Å². The van der Waals surface area contributed by atoms with Gasteiger partial charge in [0.1, 0.15) is 6.26 Å². The summed E-state index contributed by atoms with van der Waals surface area (Å²) in [5, 5.41) is 0. The number of esters is 2. The molecule has 0 spiro atoms. The van der Waals surface area contributed by atoms with Crippen LogP contribution in [0, 0.1) is 0 Å². The molecule has 0 rings (SSSR count). The fourth-order valence-electron chi connectivity index (χ4n) is 2.00. The van der Waals surface area contributed by atoms with Crippen LogP contribution in [0.25, 0.3) is 0 Å². The molecule has 122 valence electrons. The molecule has 0 saturated heterocycles. The number of methoxy groups -OCH3 is 1. The van der Waals surface area contributed by atoms with E-state index in [1.807, 2.05) is 0 Å². The molecule has 0 aromatic rings. The zero-order valence-corrected chi connectivity index (χ0v) is 13.8. The second-order valence-electron chi connectivity index (χ2n) is 5.36. The average Bonchev–Trinajstić information content (AvgIpc) is 2.50. The van der Waals surface area contributed by atoms with Gasteiger partial charge in [-0.1, -0.05) is 58.3 Å². The number of unbranched alkanes of at least 4 members (excludes halogenated alkanes) is 8. The van der Waals surface area contributed by atoms with E-state index in [-0.39, 0.29) is 11.5 Å². The Morgan fingerprint density at radius 1 is 0.905 bits per heavy atom. The Hall–Kier alpha value is -1.32. The molecule has 0 saturated carbocycles. The fraction of sp³-hybridized carbons (Fsp3) is 0.765. The molecular weight excluding hydrogens is 268 g/mol. The van der Waals surface area contributed by atoms with Crippen LogP contribution in [0.5, 0.6) is 0 Å². The fourth-order valence-corrected chi connectivity index (χ4v) is 2.00. The van der Waals surface area contributed by atoms with E-state index in [0.29, 0.717) is 6.42 Å². The lowest BCUT2D eigenvalue weighted by Gasteiger charge is -2.03. The minimum Gasteiger partial charge on any atom is -0.466 e. The standard InChI is InChI=1S/C17H30O4/c1-4-5-6-7-8-9-10-11-12-13-16(18)21-14-15(2)17(19)20-3/h14H,4-13H2,1-3H3. The Balaban J connectivity index is 3.48. The summed E-state index contributed by atoms with van der Waals surface area (Å²) in [4.78, 5) is 22.5. The van der Waals surface area contributed by atoms with Crippen molar-refractivity contribution in [2.24, 2.45) is 0 Å². The first kappa shape index (κ1) is 19.7. The quantitative estimate of drug-likeness (QED) is 0.230. The number of hydrogen-bond donors (Lipinski definition) is 0. The lowest BCUT2D eigenvalue weighted by atomic mass is 10.1. The molecule has 0 aliphatic heterocycles. The van der Waals surface area contributed by atoms with Gasteiger partial charge in [0.15, 0.2) is 0 Å². The predicted molar refractivity (Wildman–Crippen MR) is 83.7 cm³/mol. The van der Waals surface area contributed by atoms with Crippen LogP contribution in [0.2, 0.25) is 0 Å². The highest BCUT2D eigenvalue weighted by Crippen LogP contribution is 2.11. The van der Waals surface area contributed by atoms with E-state index in [9.17, 15) is 9.59 Å². The van der Waals surface area contributed by atoms with Crippen molar-refractivity contribution in [3.8, 4) is 0 Å². The van der Waals surface area contributed by atoms with Crippen LogP contribution < -0.4 is 0 Å². The van der Waals surface area contributed by atoms with Gasteiger partial charge in [-0.25, -0.2) is 4.79 Å². The third-order valence-corrected chi connectivity index (χ3v) is 3.36. The summed E-state index contributed by atoms with van der Waals surface area (Å²) in [7, 11) is 1.30. The van der Waals surface area contributed by atoms with Crippen molar-refractivity contribution in [1.29, 1.82) is 0 Å². The van der Waals surface area contributed by atoms with Gasteiger partial charge in [0.25, 0.3) is 0 Å². The number of rotatable bonds is 12. The molecule has 0 amide bonds. The first-order valence-corrected chi connectivity index (χ1v) is 8.06. The normalized spacial score (nSPS) is 11.3. The molecule has 21 heavy (non-hydrogen) atoms. The third kappa shape index (κ3) is 12.2. The number of carbonyl (C=O) groups is 2. The molecule has 0 N–H and O–H groups in total. The van der Waals surface area contributed by atoms with E-state index in [2.05, 4.69) is 11.7 Å². The third-order valence-electron chi connectivity index (χ3n) is 3.36. The molecule has 0 unspecified atom stereocenters. The molecule has 4 nitrogen and oxygen atoms in total. The molecule has 0 aliphatic carbocycles. The summed E-state index contributed by atoms with van der Waals surface area (Å²) in [6, 6.07) is 0. The molecule has 0 aromatic heterocycles. The summed E-state index contributed by atoms with van der Waals surface area (Å²) in [6.07, 6.45) is 12.5.